The standard InChI is InChI=1S/C43H34Cl2N4O2/c44-30-15-11-28(12-16-30)38-24-40(48-36-7-3-1-5-34(36)46-38)32-22-26(9-19-42(32)50)21-27-10-20-43(51)33(23-27)41-25-39(29-13-17-31(45)18-14-29)47-35-6-2-4-8-37(35)49-41/h1-20,22-23,40-41,48-51H,21,24-25H2. The maximum Gasteiger partial charge on any atom is 0.120 e. The molecule has 0 spiro atoms. The fraction of sp³-hybridized carbons (Fsp3) is 0.116. The molecule has 0 fully saturated rings. The molecule has 51 heavy (non-hydrogen) atoms. The van der Waals surface area contributed by atoms with Gasteiger partial charge in [-0.05, 0) is 101 Å². The van der Waals surface area contributed by atoms with Crippen LogP contribution in [0.3, 0.4) is 0 Å². The number of halogens is 2. The van der Waals surface area contributed by atoms with Gasteiger partial charge in [0.1, 0.15) is 11.5 Å². The predicted molar refractivity (Wildman–Crippen MR) is 209 cm³/mol. The average Bonchev–Trinajstić information content (AvgIpc) is 3.46. The number of phenols is 2. The molecular weight excluding hydrogens is 675 g/mol. The van der Waals surface area contributed by atoms with E-state index in [9.17, 15) is 10.2 Å². The zero-order valence-electron chi connectivity index (χ0n) is 27.5. The number of para-hydroxylation sites is 4. The Balaban J connectivity index is 1.10. The van der Waals surface area contributed by atoms with Crippen LogP contribution in [0, 0.1) is 0 Å². The molecule has 2 heterocycles. The van der Waals surface area contributed by atoms with Gasteiger partial charge >= 0.3 is 0 Å². The van der Waals surface area contributed by atoms with Gasteiger partial charge in [-0.3, -0.25) is 9.98 Å². The number of aliphatic imine (C=N–C) groups is 2. The van der Waals surface area contributed by atoms with E-state index >= 15 is 0 Å². The molecule has 252 valence electrons. The van der Waals surface area contributed by atoms with Crippen LogP contribution >= 0.6 is 23.2 Å². The molecule has 0 saturated heterocycles. The molecule has 2 aliphatic rings. The molecule has 0 amide bonds. The van der Waals surface area contributed by atoms with Gasteiger partial charge in [0.25, 0.3) is 0 Å². The lowest BCUT2D eigenvalue weighted by molar-refractivity contribution is 0.464. The second kappa shape index (κ2) is 14.0. The molecule has 6 aromatic rings. The van der Waals surface area contributed by atoms with E-state index in [1.165, 1.54) is 0 Å². The number of nitrogens with zero attached hydrogens (tertiary/aromatic N) is 2. The molecule has 0 bridgehead atoms. The first kappa shape index (κ1) is 32.6. The van der Waals surface area contributed by atoms with Crippen molar-refractivity contribution in [1.29, 1.82) is 0 Å². The van der Waals surface area contributed by atoms with Gasteiger partial charge in [0.15, 0.2) is 0 Å². The first-order chi connectivity index (χ1) is 24.9. The molecule has 0 radical (unpaired) electrons. The van der Waals surface area contributed by atoms with Gasteiger partial charge in [0.05, 0.1) is 46.3 Å². The van der Waals surface area contributed by atoms with E-state index in [-0.39, 0.29) is 23.6 Å². The van der Waals surface area contributed by atoms with E-state index in [2.05, 4.69) is 22.8 Å². The smallest absolute Gasteiger partial charge is 0.120 e. The maximum absolute atomic E-state index is 11.2. The van der Waals surface area contributed by atoms with Gasteiger partial charge in [-0.1, -0.05) is 83.9 Å². The summed E-state index contributed by atoms with van der Waals surface area (Å²) in [7, 11) is 0. The average molecular weight is 710 g/mol. The lowest BCUT2D eigenvalue weighted by Gasteiger charge is -2.22. The largest absolute Gasteiger partial charge is 0.508 e. The number of hydrogen-bond acceptors (Lipinski definition) is 6. The fourth-order valence-electron chi connectivity index (χ4n) is 6.88. The van der Waals surface area contributed by atoms with Crippen LogP contribution in [0.1, 0.15) is 58.3 Å². The lowest BCUT2D eigenvalue weighted by atomic mass is 9.92. The van der Waals surface area contributed by atoms with Crippen LogP contribution in [-0.4, -0.2) is 21.6 Å². The zero-order valence-corrected chi connectivity index (χ0v) is 29.0. The molecule has 0 aliphatic carbocycles. The highest BCUT2D eigenvalue weighted by Gasteiger charge is 2.26. The summed E-state index contributed by atoms with van der Waals surface area (Å²) in [6, 6.07) is 42.4. The Morgan fingerprint density at radius 2 is 0.941 bits per heavy atom. The summed E-state index contributed by atoms with van der Waals surface area (Å²) >= 11 is 12.4. The summed E-state index contributed by atoms with van der Waals surface area (Å²) in [4.78, 5) is 10.1. The Labute approximate surface area is 306 Å². The second-order valence-electron chi connectivity index (χ2n) is 12.9. The molecule has 0 aromatic heterocycles. The van der Waals surface area contributed by atoms with Gasteiger partial charge in [-0.2, -0.15) is 0 Å². The van der Waals surface area contributed by atoms with Gasteiger partial charge in [-0.25, -0.2) is 0 Å². The van der Waals surface area contributed by atoms with Crippen LogP contribution in [-0.2, 0) is 6.42 Å². The maximum atomic E-state index is 11.2. The molecule has 2 unspecified atom stereocenters. The third-order valence-corrected chi connectivity index (χ3v) is 9.98. The number of anilines is 2. The van der Waals surface area contributed by atoms with E-state index in [1.807, 2.05) is 109 Å². The topological polar surface area (TPSA) is 89.2 Å². The predicted octanol–water partition coefficient (Wildman–Crippen LogP) is 11.4. The van der Waals surface area contributed by atoms with Crippen LogP contribution in [0.2, 0.25) is 10.0 Å². The monoisotopic (exact) mass is 708 g/mol. The highest BCUT2D eigenvalue weighted by Crippen LogP contribution is 2.40. The molecule has 6 aromatic carbocycles. The SMILES string of the molecule is Oc1ccc(Cc2ccc(O)c(C3CC(c4ccc(Cl)cc4)=Nc4ccccc4N3)c2)cc1C1CC(c2ccc(Cl)cc2)=Nc2ccccc2N1. The molecule has 2 aliphatic heterocycles. The third-order valence-electron chi connectivity index (χ3n) is 9.47. The molecule has 2 atom stereocenters. The number of hydrogen-bond donors (Lipinski definition) is 4. The van der Waals surface area contributed by atoms with Crippen molar-refractivity contribution in [2.45, 2.75) is 31.3 Å². The Kier molecular flexibility index (Phi) is 8.95. The van der Waals surface area contributed by atoms with Crippen molar-refractivity contribution in [1.82, 2.24) is 0 Å². The minimum absolute atomic E-state index is 0.216. The number of phenolic OH excluding ortho intramolecular Hbond substituents is 2. The van der Waals surface area contributed by atoms with E-state index in [0.29, 0.717) is 29.3 Å². The zero-order chi connectivity index (χ0) is 34.9. The van der Waals surface area contributed by atoms with Gasteiger partial charge < -0.3 is 20.8 Å². The lowest BCUT2D eigenvalue weighted by Crippen LogP contribution is -2.15. The second-order valence-corrected chi connectivity index (χ2v) is 13.8. The molecule has 8 heteroatoms. The first-order valence-corrected chi connectivity index (χ1v) is 17.6. The Morgan fingerprint density at radius 1 is 0.529 bits per heavy atom. The van der Waals surface area contributed by atoms with E-state index in [4.69, 9.17) is 33.2 Å². The molecule has 0 saturated carbocycles. The summed E-state index contributed by atoms with van der Waals surface area (Å²) in [5.41, 5.74) is 10.9. The van der Waals surface area contributed by atoms with Gasteiger partial charge in [0, 0.05) is 34.0 Å². The molecule has 8 rings (SSSR count). The number of nitrogens with one attached hydrogen (secondary N) is 2. The van der Waals surface area contributed by atoms with E-state index in [0.717, 1.165) is 67.6 Å². The number of aromatic hydroxyl groups is 2. The summed E-state index contributed by atoms with van der Waals surface area (Å²) < 4.78 is 0. The molecule has 4 N–H and O–H groups in total. The molecular formula is C43H34Cl2N4O2. The summed E-state index contributed by atoms with van der Waals surface area (Å²) in [6.45, 7) is 0. The minimum atomic E-state index is -0.237. The van der Waals surface area contributed by atoms with Gasteiger partial charge in [-0.15, -0.1) is 0 Å². The van der Waals surface area contributed by atoms with Crippen LogP contribution in [0.15, 0.2) is 143 Å². The van der Waals surface area contributed by atoms with Crippen molar-refractivity contribution < 1.29 is 10.2 Å². The Bertz CT molecular complexity index is 2140. The minimum Gasteiger partial charge on any atom is -0.508 e. The Hall–Kier alpha value is -5.56. The number of benzene rings is 6. The summed E-state index contributed by atoms with van der Waals surface area (Å²) in [6.07, 6.45) is 1.72. The van der Waals surface area contributed by atoms with Crippen molar-refractivity contribution in [2.24, 2.45) is 9.98 Å². The van der Waals surface area contributed by atoms with Crippen molar-refractivity contribution in [3.05, 3.63) is 177 Å². The van der Waals surface area contributed by atoms with Crippen molar-refractivity contribution in [3.8, 4) is 11.5 Å². The van der Waals surface area contributed by atoms with Crippen LogP contribution in [0.25, 0.3) is 0 Å². The highest BCUT2D eigenvalue weighted by atomic mass is 35.5. The fourth-order valence-corrected chi connectivity index (χ4v) is 7.13. The highest BCUT2D eigenvalue weighted by molar-refractivity contribution is 6.31. The van der Waals surface area contributed by atoms with E-state index < -0.39 is 0 Å². The first-order valence-electron chi connectivity index (χ1n) is 16.9. The summed E-state index contributed by atoms with van der Waals surface area (Å²) in [5, 5.41) is 31.1. The quantitative estimate of drug-likeness (QED) is 0.139. The molecule has 6 nitrogen and oxygen atoms in total. The van der Waals surface area contributed by atoms with Crippen LogP contribution in [0.4, 0.5) is 22.7 Å². The number of rotatable bonds is 6. The Morgan fingerprint density at radius 3 is 1.37 bits per heavy atom. The number of fused-ring (bicyclic) bond motifs is 2. The van der Waals surface area contributed by atoms with Crippen LogP contribution < -0.4 is 10.6 Å². The van der Waals surface area contributed by atoms with Crippen molar-refractivity contribution >= 4 is 57.4 Å². The third kappa shape index (κ3) is 7.07. The van der Waals surface area contributed by atoms with E-state index in [1.54, 1.807) is 12.1 Å². The van der Waals surface area contributed by atoms with Crippen molar-refractivity contribution in [2.75, 3.05) is 10.6 Å². The van der Waals surface area contributed by atoms with Crippen molar-refractivity contribution in [3.63, 3.8) is 0 Å². The normalized spacial score (nSPS) is 16.7. The van der Waals surface area contributed by atoms with Crippen LogP contribution in [0.5, 0.6) is 11.5 Å². The summed E-state index contributed by atoms with van der Waals surface area (Å²) in [5.74, 6) is 0.431. The van der Waals surface area contributed by atoms with Gasteiger partial charge in [0.2, 0.25) is 0 Å².